The molecular formula is C21H47NO3S. The second kappa shape index (κ2) is 22.9. The Hall–Kier alpha value is -0.130. The van der Waals surface area contributed by atoms with Crippen LogP contribution >= 0.6 is 0 Å². The third-order valence-electron chi connectivity index (χ3n) is 4.59. The first-order chi connectivity index (χ1) is 12.5. The first kappa shape index (κ1) is 28.1. The topological polar surface area (TPSA) is 73.8 Å². The lowest BCUT2D eigenvalue weighted by atomic mass is 10.1. The summed E-state index contributed by atoms with van der Waals surface area (Å²) in [5, 5.41) is 2.27. The van der Waals surface area contributed by atoms with Gasteiger partial charge >= 0.3 is 0 Å². The van der Waals surface area contributed by atoms with Crippen molar-refractivity contribution in [3.63, 3.8) is 0 Å². The van der Waals surface area contributed by atoms with Crippen LogP contribution in [0.25, 0.3) is 0 Å². The van der Waals surface area contributed by atoms with E-state index >= 15 is 0 Å². The monoisotopic (exact) mass is 393 g/mol. The van der Waals surface area contributed by atoms with E-state index < -0.39 is 10.1 Å². The van der Waals surface area contributed by atoms with Gasteiger partial charge < -0.3 is 9.87 Å². The smallest absolute Gasteiger partial charge is 0.0945 e. The summed E-state index contributed by atoms with van der Waals surface area (Å²) in [4.78, 5) is 0. The van der Waals surface area contributed by atoms with Crippen molar-refractivity contribution in [1.82, 2.24) is 0 Å². The summed E-state index contributed by atoms with van der Waals surface area (Å²) < 4.78 is 30.7. The van der Waals surface area contributed by atoms with Crippen molar-refractivity contribution in [2.24, 2.45) is 0 Å². The Morgan fingerprint density at radius 2 is 0.962 bits per heavy atom. The lowest BCUT2D eigenvalue weighted by molar-refractivity contribution is -0.627. The van der Waals surface area contributed by atoms with E-state index in [-0.39, 0.29) is 5.75 Å². The molecule has 0 saturated carbocycles. The molecule has 0 aromatic heterocycles. The molecule has 0 amide bonds. The summed E-state index contributed by atoms with van der Waals surface area (Å²) >= 11 is 0. The minimum atomic E-state index is -3.98. The molecule has 0 fully saturated rings. The molecule has 4 nitrogen and oxygen atoms in total. The molecule has 0 aliphatic heterocycles. The molecule has 0 unspecified atom stereocenters. The normalized spacial score (nSPS) is 11.2. The van der Waals surface area contributed by atoms with E-state index in [1.54, 1.807) is 0 Å². The zero-order valence-corrected chi connectivity index (χ0v) is 18.8. The van der Waals surface area contributed by atoms with E-state index in [0.717, 1.165) is 12.8 Å². The zero-order valence-electron chi connectivity index (χ0n) is 17.9. The molecule has 0 aromatic carbocycles. The maximum atomic E-state index is 10.2. The van der Waals surface area contributed by atoms with Crippen molar-refractivity contribution in [1.29, 1.82) is 0 Å². The van der Waals surface area contributed by atoms with Gasteiger partial charge in [0, 0.05) is 5.75 Å². The molecule has 0 saturated heterocycles. The molecular weight excluding hydrogens is 346 g/mol. The Labute approximate surface area is 164 Å². The Morgan fingerprint density at radius 1 is 0.615 bits per heavy atom. The summed E-state index contributed by atoms with van der Waals surface area (Å²) in [5.41, 5.74) is 0. The van der Waals surface area contributed by atoms with Gasteiger partial charge in [-0.05, 0) is 19.3 Å². The standard InChI is InChI=1S/C11H25N.C10H22O3S/c1-3-4-5-6-7-8-9-10-11-12-2;1-2-3-4-5-6-7-8-9-10-14(11,12)13/h12H,3-11H2,1-2H3;2-10H2,1H3,(H,11,12,13). The number of hydrogen-bond acceptors (Lipinski definition) is 3. The highest BCUT2D eigenvalue weighted by Gasteiger charge is 1.95. The summed E-state index contributed by atoms with van der Waals surface area (Å²) in [6.45, 7) is 5.77. The van der Waals surface area contributed by atoms with Crippen LogP contribution in [0.1, 0.15) is 117 Å². The predicted octanol–water partition coefficient (Wildman–Crippen LogP) is 4.99. The van der Waals surface area contributed by atoms with E-state index in [9.17, 15) is 13.0 Å². The van der Waals surface area contributed by atoms with Gasteiger partial charge in [-0.3, -0.25) is 0 Å². The number of rotatable bonds is 18. The van der Waals surface area contributed by atoms with Gasteiger partial charge in [0.15, 0.2) is 0 Å². The fourth-order valence-electron chi connectivity index (χ4n) is 2.90. The number of hydrogen-bond donors (Lipinski definition) is 1. The lowest BCUT2D eigenvalue weighted by Gasteiger charge is -2.05. The van der Waals surface area contributed by atoms with E-state index in [2.05, 4.69) is 26.2 Å². The van der Waals surface area contributed by atoms with Crippen molar-refractivity contribution in [3.05, 3.63) is 0 Å². The van der Waals surface area contributed by atoms with Gasteiger partial charge in [-0.25, -0.2) is 8.42 Å². The minimum absolute atomic E-state index is 0.193. The summed E-state index contributed by atoms with van der Waals surface area (Å²) in [5.74, 6) is -0.193. The Balaban J connectivity index is 0. The van der Waals surface area contributed by atoms with Crippen LogP contribution in [0, 0.1) is 0 Å². The molecule has 5 heteroatoms. The number of quaternary nitrogens is 1. The van der Waals surface area contributed by atoms with E-state index in [1.807, 2.05) is 0 Å². The predicted molar refractivity (Wildman–Crippen MR) is 113 cm³/mol. The zero-order chi connectivity index (χ0) is 19.9. The molecule has 0 spiro atoms. The lowest BCUT2D eigenvalue weighted by Crippen LogP contribution is -2.79. The second-order valence-electron chi connectivity index (χ2n) is 7.41. The quantitative estimate of drug-likeness (QED) is 0.263. The van der Waals surface area contributed by atoms with E-state index in [1.165, 1.54) is 90.0 Å². The van der Waals surface area contributed by atoms with Crippen LogP contribution in [0.5, 0.6) is 0 Å². The van der Waals surface area contributed by atoms with Gasteiger partial charge in [-0.1, -0.05) is 97.3 Å². The van der Waals surface area contributed by atoms with Crippen molar-refractivity contribution < 1.29 is 18.3 Å². The van der Waals surface area contributed by atoms with Crippen molar-refractivity contribution in [2.75, 3.05) is 19.3 Å². The summed E-state index contributed by atoms with van der Waals surface area (Å²) in [7, 11) is -1.82. The largest absolute Gasteiger partial charge is 0.748 e. The molecule has 0 rings (SSSR count). The van der Waals surface area contributed by atoms with Gasteiger partial charge in [0.05, 0.1) is 23.7 Å². The van der Waals surface area contributed by atoms with E-state index in [0.29, 0.717) is 6.42 Å². The van der Waals surface area contributed by atoms with Crippen LogP contribution in [-0.4, -0.2) is 32.3 Å². The maximum Gasteiger partial charge on any atom is 0.0945 e. The molecule has 0 radical (unpaired) electrons. The van der Waals surface area contributed by atoms with Crippen molar-refractivity contribution in [3.8, 4) is 0 Å². The highest BCUT2D eigenvalue weighted by molar-refractivity contribution is 7.85. The highest BCUT2D eigenvalue weighted by Crippen LogP contribution is 2.09. The first-order valence-electron chi connectivity index (χ1n) is 11.2. The molecule has 0 aliphatic rings. The van der Waals surface area contributed by atoms with Crippen molar-refractivity contribution in [2.45, 2.75) is 117 Å². The minimum Gasteiger partial charge on any atom is -0.748 e. The fourth-order valence-corrected chi connectivity index (χ4v) is 3.45. The molecule has 0 atom stereocenters. The van der Waals surface area contributed by atoms with Gasteiger partial charge in [0.2, 0.25) is 0 Å². The first-order valence-corrected chi connectivity index (χ1v) is 12.8. The van der Waals surface area contributed by atoms with Crippen LogP contribution in [0.4, 0.5) is 0 Å². The molecule has 26 heavy (non-hydrogen) atoms. The molecule has 0 bridgehead atoms. The molecule has 2 N–H and O–H groups in total. The molecule has 0 heterocycles. The summed E-state index contributed by atoms with van der Waals surface area (Å²) in [6.07, 6.45) is 20.1. The van der Waals surface area contributed by atoms with Gasteiger partial charge in [0.1, 0.15) is 0 Å². The SMILES string of the molecule is CCCCCCCCCCS(=O)(=O)[O-].CCCCCCCCCC[NH2+]C. The van der Waals surface area contributed by atoms with Crippen LogP contribution in [-0.2, 0) is 10.1 Å². The Kier molecular flexibility index (Phi) is 24.7. The second-order valence-corrected chi connectivity index (χ2v) is 8.93. The van der Waals surface area contributed by atoms with Gasteiger partial charge in [0.25, 0.3) is 0 Å². The third-order valence-corrected chi connectivity index (χ3v) is 5.38. The van der Waals surface area contributed by atoms with Crippen LogP contribution in [0.2, 0.25) is 0 Å². The number of nitrogens with two attached hydrogens (primary N) is 1. The van der Waals surface area contributed by atoms with Gasteiger partial charge in [-0.15, -0.1) is 0 Å². The van der Waals surface area contributed by atoms with Gasteiger partial charge in [-0.2, -0.15) is 0 Å². The van der Waals surface area contributed by atoms with Crippen LogP contribution < -0.4 is 5.32 Å². The molecule has 160 valence electrons. The number of unbranched alkanes of at least 4 members (excludes halogenated alkanes) is 14. The fraction of sp³-hybridized carbons (Fsp3) is 1.00. The molecule has 0 aliphatic carbocycles. The Morgan fingerprint density at radius 3 is 1.31 bits per heavy atom. The molecule has 0 aromatic rings. The third kappa shape index (κ3) is 31.6. The summed E-state index contributed by atoms with van der Waals surface area (Å²) in [6, 6.07) is 0. The van der Waals surface area contributed by atoms with Crippen molar-refractivity contribution >= 4 is 10.1 Å². The maximum absolute atomic E-state index is 10.2. The average Bonchev–Trinajstić information content (AvgIpc) is 2.59. The van der Waals surface area contributed by atoms with Crippen LogP contribution in [0.3, 0.4) is 0 Å². The van der Waals surface area contributed by atoms with E-state index in [4.69, 9.17) is 0 Å². The van der Waals surface area contributed by atoms with Crippen LogP contribution in [0.15, 0.2) is 0 Å². The average molecular weight is 394 g/mol. The Bertz CT molecular complexity index is 335. The highest BCUT2D eigenvalue weighted by atomic mass is 32.2.